The SMILES string of the molecule is CCCn1ncc(Cl)c1C(O)Cc1ccc(F)cc1F. The Morgan fingerprint density at radius 2 is 2.15 bits per heavy atom. The molecule has 0 aliphatic carbocycles. The van der Waals surface area contributed by atoms with Crippen LogP contribution in [-0.4, -0.2) is 14.9 Å². The van der Waals surface area contributed by atoms with Crippen molar-refractivity contribution in [3.05, 3.63) is 52.3 Å². The highest BCUT2D eigenvalue weighted by molar-refractivity contribution is 6.31. The number of aryl methyl sites for hydroxylation is 1. The lowest BCUT2D eigenvalue weighted by atomic mass is 10.0. The molecular weight excluding hydrogens is 286 g/mol. The molecular formula is C14H15ClF2N2O. The fraction of sp³-hybridized carbons (Fsp3) is 0.357. The Labute approximate surface area is 120 Å². The average molecular weight is 301 g/mol. The summed E-state index contributed by atoms with van der Waals surface area (Å²) in [6, 6.07) is 3.28. The van der Waals surface area contributed by atoms with E-state index in [2.05, 4.69) is 5.10 Å². The van der Waals surface area contributed by atoms with Gasteiger partial charge in [0.05, 0.1) is 16.9 Å². The minimum atomic E-state index is -0.989. The molecule has 2 aromatic rings. The first-order valence-corrected chi connectivity index (χ1v) is 6.74. The van der Waals surface area contributed by atoms with Crippen molar-refractivity contribution < 1.29 is 13.9 Å². The summed E-state index contributed by atoms with van der Waals surface area (Å²) in [5.41, 5.74) is 0.691. The fourth-order valence-electron chi connectivity index (χ4n) is 2.09. The monoisotopic (exact) mass is 300 g/mol. The van der Waals surface area contributed by atoms with E-state index in [9.17, 15) is 13.9 Å². The first kappa shape index (κ1) is 14.9. The third-order valence-electron chi connectivity index (χ3n) is 3.01. The van der Waals surface area contributed by atoms with E-state index in [0.29, 0.717) is 17.3 Å². The molecule has 1 atom stereocenters. The highest BCUT2D eigenvalue weighted by Gasteiger charge is 2.19. The number of hydrogen-bond donors (Lipinski definition) is 1. The standard InChI is InChI=1S/C14H15ClF2N2O/c1-2-5-19-14(11(15)8-18-19)13(20)6-9-3-4-10(16)7-12(9)17/h3-4,7-8,13,20H,2,5-6H2,1H3. The second-order valence-corrected chi connectivity index (χ2v) is 4.96. The predicted molar refractivity (Wildman–Crippen MR) is 72.5 cm³/mol. The van der Waals surface area contributed by atoms with Gasteiger partial charge in [-0.15, -0.1) is 0 Å². The number of rotatable bonds is 5. The van der Waals surface area contributed by atoms with Crippen molar-refractivity contribution in [1.29, 1.82) is 0 Å². The van der Waals surface area contributed by atoms with Gasteiger partial charge in [-0.1, -0.05) is 24.6 Å². The average Bonchev–Trinajstić information content (AvgIpc) is 2.74. The molecule has 1 aromatic carbocycles. The van der Waals surface area contributed by atoms with E-state index in [1.807, 2.05) is 6.92 Å². The molecule has 2 rings (SSSR count). The van der Waals surface area contributed by atoms with Crippen molar-refractivity contribution in [2.24, 2.45) is 0 Å². The zero-order valence-corrected chi connectivity index (χ0v) is 11.7. The van der Waals surface area contributed by atoms with E-state index in [1.54, 1.807) is 4.68 Å². The van der Waals surface area contributed by atoms with Crippen LogP contribution in [0.2, 0.25) is 5.02 Å². The summed E-state index contributed by atoms with van der Waals surface area (Å²) in [6.07, 6.45) is 1.32. The Morgan fingerprint density at radius 3 is 2.80 bits per heavy atom. The lowest BCUT2D eigenvalue weighted by molar-refractivity contribution is 0.165. The van der Waals surface area contributed by atoms with Gasteiger partial charge >= 0.3 is 0 Å². The molecule has 3 nitrogen and oxygen atoms in total. The maximum absolute atomic E-state index is 13.6. The molecule has 1 aromatic heterocycles. The minimum absolute atomic E-state index is 0.0151. The number of aromatic nitrogens is 2. The largest absolute Gasteiger partial charge is 0.386 e. The first-order valence-electron chi connectivity index (χ1n) is 6.36. The van der Waals surface area contributed by atoms with Gasteiger partial charge in [-0.2, -0.15) is 5.10 Å². The molecule has 6 heteroatoms. The molecule has 0 aliphatic heterocycles. The number of aliphatic hydroxyl groups is 1. The zero-order valence-electron chi connectivity index (χ0n) is 11.0. The third-order valence-corrected chi connectivity index (χ3v) is 3.30. The van der Waals surface area contributed by atoms with Crippen LogP contribution in [0.25, 0.3) is 0 Å². The zero-order chi connectivity index (χ0) is 14.7. The van der Waals surface area contributed by atoms with Crippen LogP contribution in [0.5, 0.6) is 0 Å². The summed E-state index contributed by atoms with van der Waals surface area (Å²) < 4.78 is 28.0. The quantitative estimate of drug-likeness (QED) is 0.918. The van der Waals surface area contributed by atoms with E-state index in [1.165, 1.54) is 12.3 Å². The normalized spacial score (nSPS) is 12.7. The molecule has 1 heterocycles. The lowest BCUT2D eigenvalue weighted by Crippen LogP contribution is -2.12. The Bertz CT molecular complexity index is 601. The van der Waals surface area contributed by atoms with Crippen LogP contribution in [0.1, 0.15) is 30.7 Å². The first-order chi connectivity index (χ1) is 9.52. The summed E-state index contributed by atoms with van der Waals surface area (Å²) in [4.78, 5) is 0. The van der Waals surface area contributed by atoms with Gasteiger partial charge in [-0.25, -0.2) is 8.78 Å². The van der Waals surface area contributed by atoms with Crippen LogP contribution in [0.3, 0.4) is 0 Å². The van der Waals surface area contributed by atoms with Crippen molar-refractivity contribution in [2.75, 3.05) is 0 Å². The van der Waals surface area contributed by atoms with Crippen LogP contribution >= 0.6 is 11.6 Å². The molecule has 1 unspecified atom stereocenters. The Hall–Kier alpha value is -1.46. The van der Waals surface area contributed by atoms with Crippen LogP contribution in [0, 0.1) is 11.6 Å². The van der Waals surface area contributed by atoms with Gasteiger partial charge in [0.25, 0.3) is 0 Å². The highest BCUT2D eigenvalue weighted by Crippen LogP contribution is 2.26. The van der Waals surface area contributed by atoms with Gasteiger partial charge < -0.3 is 5.11 Å². The Kier molecular flexibility index (Phi) is 4.73. The van der Waals surface area contributed by atoms with E-state index >= 15 is 0 Å². The summed E-state index contributed by atoms with van der Waals surface area (Å²) in [6.45, 7) is 2.59. The van der Waals surface area contributed by atoms with Crippen molar-refractivity contribution >= 4 is 11.6 Å². The van der Waals surface area contributed by atoms with E-state index in [4.69, 9.17) is 11.6 Å². The van der Waals surface area contributed by atoms with Crippen molar-refractivity contribution in [3.63, 3.8) is 0 Å². The predicted octanol–water partition coefficient (Wildman–Crippen LogP) is 3.50. The van der Waals surface area contributed by atoms with Gasteiger partial charge in [0.2, 0.25) is 0 Å². The van der Waals surface area contributed by atoms with Gasteiger partial charge in [0.1, 0.15) is 17.7 Å². The van der Waals surface area contributed by atoms with Gasteiger partial charge in [-0.3, -0.25) is 4.68 Å². The molecule has 0 aliphatic rings. The molecule has 108 valence electrons. The molecule has 0 bridgehead atoms. The summed E-state index contributed by atoms with van der Waals surface area (Å²) in [7, 11) is 0. The summed E-state index contributed by atoms with van der Waals surface area (Å²) >= 11 is 6.01. The van der Waals surface area contributed by atoms with E-state index in [-0.39, 0.29) is 12.0 Å². The maximum atomic E-state index is 13.6. The molecule has 0 fully saturated rings. The molecule has 0 spiro atoms. The second kappa shape index (κ2) is 6.33. The number of nitrogens with zero attached hydrogens (tertiary/aromatic N) is 2. The molecule has 20 heavy (non-hydrogen) atoms. The molecule has 0 saturated carbocycles. The van der Waals surface area contributed by atoms with Crippen LogP contribution in [0.4, 0.5) is 8.78 Å². The van der Waals surface area contributed by atoms with Crippen molar-refractivity contribution in [3.8, 4) is 0 Å². The Morgan fingerprint density at radius 1 is 1.40 bits per heavy atom. The van der Waals surface area contributed by atoms with E-state index in [0.717, 1.165) is 18.6 Å². The Balaban J connectivity index is 2.23. The number of hydrogen-bond acceptors (Lipinski definition) is 2. The van der Waals surface area contributed by atoms with Crippen molar-refractivity contribution in [1.82, 2.24) is 9.78 Å². The molecule has 0 radical (unpaired) electrons. The summed E-state index contributed by atoms with van der Waals surface area (Å²) in [5.74, 6) is -1.32. The minimum Gasteiger partial charge on any atom is -0.386 e. The van der Waals surface area contributed by atoms with Crippen LogP contribution < -0.4 is 0 Å². The third kappa shape index (κ3) is 3.16. The van der Waals surface area contributed by atoms with Crippen molar-refractivity contribution in [2.45, 2.75) is 32.4 Å². The molecule has 0 amide bonds. The van der Waals surface area contributed by atoms with Gasteiger partial charge in [0, 0.05) is 19.0 Å². The smallest absolute Gasteiger partial charge is 0.129 e. The summed E-state index contributed by atoms with van der Waals surface area (Å²) in [5, 5.41) is 14.7. The van der Waals surface area contributed by atoms with Gasteiger partial charge in [0.15, 0.2) is 0 Å². The topological polar surface area (TPSA) is 38.0 Å². The second-order valence-electron chi connectivity index (χ2n) is 4.56. The fourth-order valence-corrected chi connectivity index (χ4v) is 2.35. The number of halogens is 3. The van der Waals surface area contributed by atoms with E-state index < -0.39 is 17.7 Å². The number of benzene rings is 1. The molecule has 1 N–H and O–H groups in total. The van der Waals surface area contributed by atoms with Gasteiger partial charge in [-0.05, 0) is 18.1 Å². The van der Waals surface area contributed by atoms with Crippen LogP contribution in [-0.2, 0) is 13.0 Å². The highest BCUT2D eigenvalue weighted by atomic mass is 35.5. The molecule has 0 saturated heterocycles. The number of aliphatic hydroxyl groups excluding tert-OH is 1. The lowest BCUT2D eigenvalue weighted by Gasteiger charge is -2.14. The maximum Gasteiger partial charge on any atom is 0.129 e. The van der Waals surface area contributed by atoms with Crippen LogP contribution in [0.15, 0.2) is 24.4 Å².